The molecule has 0 saturated carbocycles. The Morgan fingerprint density at radius 3 is 2.39 bits per heavy atom. The topological polar surface area (TPSA) is 63.5 Å². The number of aliphatic imine (C=N–C) groups is 1. The molecular formula is C24H32IN5O. The Hall–Kier alpha value is -2.39. The predicted molar refractivity (Wildman–Crippen MR) is 137 cm³/mol. The van der Waals surface area contributed by atoms with Crippen LogP contribution in [0.25, 0.3) is 5.69 Å². The van der Waals surface area contributed by atoms with E-state index in [0.717, 1.165) is 40.7 Å². The third-order valence-electron chi connectivity index (χ3n) is 4.77. The van der Waals surface area contributed by atoms with Gasteiger partial charge in [0.15, 0.2) is 5.96 Å². The van der Waals surface area contributed by atoms with E-state index in [9.17, 15) is 0 Å². The number of rotatable bonds is 8. The first-order valence-corrected chi connectivity index (χ1v) is 10.3. The zero-order valence-electron chi connectivity index (χ0n) is 18.7. The van der Waals surface area contributed by atoms with E-state index in [1.54, 1.807) is 7.11 Å². The highest BCUT2D eigenvalue weighted by Crippen LogP contribution is 2.17. The van der Waals surface area contributed by atoms with Crippen molar-refractivity contribution in [3.8, 4) is 5.69 Å². The van der Waals surface area contributed by atoms with Gasteiger partial charge >= 0.3 is 0 Å². The molecule has 0 aliphatic rings. The van der Waals surface area contributed by atoms with E-state index in [-0.39, 0.29) is 24.0 Å². The van der Waals surface area contributed by atoms with Gasteiger partial charge in [0.05, 0.1) is 24.5 Å². The van der Waals surface area contributed by atoms with Gasteiger partial charge in [-0.2, -0.15) is 5.10 Å². The minimum atomic E-state index is 0. The Morgan fingerprint density at radius 2 is 1.74 bits per heavy atom. The lowest BCUT2D eigenvalue weighted by molar-refractivity contribution is 0.185. The van der Waals surface area contributed by atoms with E-state index in [4.69, 9.17) is 9.73 Å². The highest BCUT2D eigenvalue weighted by atomic mass is 127. The molecule has 2 aromatic carbocycles. The number of nitrogens with one attached hydrogen (secondary N) is 2. The molecule has 166 valence electrons. The number of nitrogens with zero attached hydrogens (tertiary/aromatic N) is 3. The van der Waals surface area contributed by atoms with Crippen molar-refractivity contribution in [3.05, 3.63) is 82.7 Å². The standard InChI is InChI=1S/C24H31N5O.HI/c1-5-25-24(26-15-20-10-12-21(13-11-20)17-30-4)27-16-22-8-6-7-9-23(22)29-19(3)14-18(2)28-29;/h6-14H,5,15-17H2,1-4H3,(H2,25,26,27);1H. The summed E-state index contributed by atoms with van der Waals surface area (Å²) in [6.45, 7) is 8.87. The molecule has 0 unspecified atom stereocenters. The highest BCUT2D eigenvalue weighted by Gasteiger charge is 2.09. The van der Waals surface area contributed by atoms with Crippen molar-refractivity contribution in [1.82, 2.24) is 20.4 Å². The first-order chi connectivity index (χ1) is 14.6. The number of hydrogen-bond acceptors (Lipinski definition) is 3. The second-order valence-corrected chi connectivity index (χ2v) is 7.27. The average Bonchev–Trinajstić information content (AvgIpc) is 3.09. The van der Waals surface area contributed by atoms with E-state index >= 15 is 0 Å². The zero-order valence-corrected chi connectivity index (χ0v) is 21.0. The summed E-state index contributed by atoms with van der Waals surface area (Å²) in [6, 6.07) is 18.8. The van der Waals surface area contributed by atoms with Crippen molar-refractivity contribution in [1.29, 1.82) is 0 Å². The lowest BCUT2D eigenvalue weighted by atomic mass is 10.1. The summed E-state index contributed by atoms with van der Waals surface area (Å²) in [4.78, 5) is 4.74. The van der Waals surface area contributed by atoms with Crippen LogP contribution < -0.4 is 10.6 Å². The molecule has 2 N–H and O–H groups in total. The molecular weight excluding hydrogens is 501 g/mol. The molecule has 0 saturated heterocycles. The number of benzene rings is 2. The second-order valence-electron chi connectivity index (χ2n) is 7.27. The van der Waals surface area contributed by atoms with E-state index in [1.165, 1.54) is 5.56 Å². The predicted octanol–water partition coefficient (Wildman–Crippen LogP) is 4.51. The maximum atomic E-state index is 5.17. The van der Waals surface area contributed by atoms with Crippen molar-refractivity contribution in [2.75, 3.05) is 13.7 Å². The minimum Gasteiger partial charge on any atom is -0.380 e. The Kier molecular flexibility index (Phi) is 10.00. The first-order valence-electron chi connectivity index (χ1n) is 10.3. The molecule has 1 aromatic heterocycles. The molecule has 6 nitrogen and oxygen atoms in total. The molecule has 0 fully saturated rings. The molecule has 0 bridgehead atoms. The summed E-state index contributed by atoms with van der Waals surface area (Å²) in [5.74, 6) is 0.793. The molecule has 0 atom stereocenters. The maximum absolute atomic E-state index is 5.17. The Morgan fingerprint density at radius 1 is 1.03 bits per heavy atom. The van der Waals surface area contributed by atoms with Crippen molar-refractivity contribution in [2.24, 2.45) is 4.99 Å². The number of para-hydroxylation sites is 1. The summed E-state index contributed by atoms with van der Waals surface area (Å²) in [7, 11) is 1.71. The zero-order chi connectivity index (χ0) is 21.3. The normalized spacial score (nSPS) is 11.2. The van der Waals surface area contributed by atoms with Crippen LogP contribution >= 0.6 is 24.0 Å². The molecule has 1 heterocycles. The van der Waals surface area contributed by atoms with Crippen LogP contribution in [0.4, 0.5) is 0 Å². The van der Waals surface area contributed by atoms with Crippen molar-refractivity contribution in [3.63, 3.8) is 0 Å². The van der Waals surface area contributed by atoms with Crippen LogP contribution in [0.2, 0.25) is 0 Å². The summed E-state index contributed by atoms with van der Waals surface area (Å²) in [5.41, 5.74) is 6.71. The van der Waals surface area contributed by atoms with Gasteiger partial charge in [0.1, 0.15) is 0 Å². The monoisotopic (exact) mass is 533 g/mol. The summed E-state index contributed by atoms with van der Waals surface area (Å²) in [5, 5.41) is 11.4. The first kappa shape index (κ1) is 24.9. The Labute approximate surface area is 202 Å². The minimum absolute atomic E-state index is 0. The van der Waals surface area contributed by atoms with E-state index in [2.05, 4.69) is 78.1 Å². The lowest BCUT2D eigenvalue weighted by Gasteiger charge is -2.15. The third-order valence-corrected chi connectivity index (χ3v) is 4.77. The SMILES string of the molecule is CCNC(=NCc1ccc(COC)cc1)NCc1ccccc1-n1nc(C)cc1C.I. The number of aromatic nitrogens is 2. The summed E-state index contributed by atoms with van der Waals surface area (Å²) < 4.78 is 7.17. The number of halogens is 1. The molecule has 0 radical (unpaired) electrons. The average molecular weight is 533 g/mol. The van der Waals surface area contributed by atoms with Gasteiger partial charge in [-0.3, -0.25) is 0 Å². The van der Waals surface area contributed by atoms with Gasteiger partial charge in [-0.1, -0.05) is 42.5 Å². The lowest BCUT2D eigenvalue weighted by Crippen LogP contribution is -2.37. The van der Waals surface area contributed by atoms with E-state index in [1.807, 2.05) is 17.7 Å². The Balaban J connectivity index is 0.00000341. The van der Waals surface area contributed by atoms with Gasteiger partial charge in [-0.05, 0) is 49.6 Å². The summed E-state index contributed by atoms with van der Waals surface area (Å²) >= 11 is 0. The van der Waals surface area contributed by atoms with Crippen molar-refractivity contribution < 1.29 is 4.74 Å². The number of guanidine groups is 1. The number of hydrogen-bond donors (Lipinski definition) is 2. The van der Waals surface area contributed by atoms with Crippen LogP contribution in [-0.4, -0.2) is 29.4 Å². The molecule has 7 heteroatoms. The van der Waals surface area contributed by atoms with Crippen LogP contribution in [0.5, 0.6) is 0 Å². The quantitative estimate of drug-likeness (QED) is 0.254. The van der Waals surface area contributed by atoms with Crippen LogP contribution in [0.1, 0.15) is 35.0 Å². The molecule has 0 aliphatic heterocycles. The van der Waals surface area contributed by atoms with Crippen molar-refractivity contribution in [2.45, 2.75) is 40.5 Å². The van der Waals surface area contributed by atoms with Crippen LogP contribution in [-0.2, 0) is 24.4 Å². The fourth-order valence-corrected chi connectivity index (χ4v) is 3.34. The molecule has 0 spiro atoms. The van der Waals surface area contributed by atoms with Gasteiger partial charge in [0.25, 0.3) is 0 Å². The van der Waals surface area contributed by atoms with Gasteiger partial charge in [0.2, 0.25) is 0 Å². The largest absolute Gasteiger partial charge is 0.380 e. The Bertz CT molecular complexity index is 982. The molecule has 3 rings (SSSR count). The smallest absolute Gasteiger partial charge is 0.191 e. The van der Waals surface area contributed by atoms with Crippen LogP contribution in [0, 0.1) is 13.8 Å². The molecule has 31 heavy (non-hydrogen) atoms. The maximum Gasteiger partial charge on any atom is 0.191 e. The van der Waals surface area contributed by atoms with E-state index in [0.29, 0.717) is 19.7 Å². The second kappa shape index (κ2) is 12.5. The molecule has 0 aliphatic carbocycles. The third kappa shape index (κ3) is 7.07. The van der Waals surface area contributed by atoms with Crippen LogP contribution in [0.15, 0.2) is 59.6 Å². The van der Waals surface area contributed by atoms with Gasteiger partial charge in [0, 0.05) is 25.9 Å². The van der Waals surface area contributed by atoms with Gasteiger partial charge < -0.3 is 15.4 Å². The van der Waals surface area contributed by atoms with Crippen LogP contribution in [0.3, 0.4) is 0 Å². The number of ether oxygens (including phenoxy) is 1. The highest BCUT2D eigenvalue weighted by molar-refractivity contribution is 14.0. The van der Waals surface area contributed by atoms with Gasteiger partial charge in [-0.15, -0.1) is 24.0 Å². The molecule has 0 amide bonds. The number of aryl methyl sites for hydroxylation is 2. The number of methoxy groups -OCH3 is 1. The fraction of sp³-hybridized carbons (Fsp3) is 0.333. The summed E-state index contributed by atoms with van der Waals surface area (Å²) in [6.07, 6.45) is 0. The van der Waals surface area contributed by atoms with Gasteiger partial charge in [-0.25, -0.2) is 9.67 Å². The van der Waals surface area contributed by atoms with Crippen molar-refractivity contribution >= 4 is 29.9 Å². The fourth-order valence-electron chi connectivity index (χ4n) is 3.34. The van der Waals surface area contributed by atoms with E-state index < -0.39 is 0 Å². The molecule has 3 aromatic rings.